The number of aromatic nitrogens is 1. The van der Waals surface area contributed by atoms with Gasteiger partial charge < -0.3 is 14.6 Å². The third-order valence-corrected chi connectivity index (χ3v) is 5.51. The molecule has 1 aromatic heterocycles. The van der Waals surface area contributed by atoms with Gasteiger partial charge in [0.05, 0.1) is 19.2 Å². The lowest BCUT2D eigenvalue weighted by atomic mass is 10.1. The Bertz CT molecular complexity index is 893. The summed E-state index contributed by atoms with van der Waals surface area (Å²) in [4.78, 5) is 37.3. The summed E-state index contributed by atoms with van der Waals surface area (Å²) in [5, 5.41) is 3.29. The number of hydrogen-bond donors (Lipinski definition) is 1. The van der Waals surface area contributed by atoms with E-state index in [4.69, 9.17) is 16.3 Å². The van der Waals surface area contributed by atoms with Crippen molar-refractivity contribution in [3.63, 3.8) is 0 Å². The molecule has 1 aromatic carbocycles. The Morgan fingerprint density at radius 2 is 1.90 bits per heavy atom. The standard InChI is InChI=1S/C21H25ClN2O4S/c1-13-11-16(12-18(25)23-17(9-10-29-4)21(27)28-3)24(2)19(13)20(26)14-5-7-15(22)8-6-14/h5-8,11,17H,9-10,12H2,1-4H3,(H,23,25). The number of esters is 1. The molecule has 0 saturated heterocycles. The highest BCUT2D eigenvalue weighted by Gasteiger charge is 2.23. The van der Waals surface area contributed by atoms with Crippen LogP contribution in [0.25, 0.3) is 0 Å². The summed E-state index contributed by atoms with van der Waals surface area (Å²) in [6.45, 7) is 1.83. The number of benzene rings is 1. The van der Waals surface area contributed by atoms with Gasteiger partial charge >= 0.3 is 5.97 Å². The smallest absolute Gasteiger partial charge is 0.328 e. The molecule has 0 bridgehead atoms. The highest BCUT2D eigenvalue weighted by Crippen LogP contribution is 2.20. The second kappa shape index (κ2) is 10.5. The number of methoxy groups -OCH3 is 1. The minimum atomic E-state index is -0.684. The molecular weight excluding hydrogens is 412 g/mol. The molecule has 156 valence electrons. The number of thioether (sulfide) groups is 1. The number of amides is 1. The molecule has 1 heterocycles. The Kier molecular flexibility index (Phi) is 8.34. The van der Waals surface area contributed by atoms with Crippen LogP contribution in [0.5, 0.6) is 0 Å². The van der Waals surface area contributed by atoms with E-state index in [1.807, 2.05) is 19.2 Å². The predicted octanol–water partition coefficient (Wildman–Crippen LogP) is 3.17. The first-order valence-corrected chi connectivity index (χ1v) is 10.9. The number of carbonyl (C=O) groups is 3. The summed E-state index contributed by atoms with van der Waals surface area (Å²) in [7, 11) is 3.06. The minimum absolute atomic E-state index is 0.0536. The molecule has 0 saturated carbocycles. The molecule has 6 nitrogen and oxygen atoms in total. The van der Waals surface area contributed by atoms with Gasteiger partial charge in [-0.15, -0.1) is 0 Å². The fourth-order valence-electron chi connectivity index (χ4n) is 3.10. The second-order valence-electron chi connectivity index (χ2n) is 6.66. The normalized spacial score (nSPS) is 11.8. The van der Waals surface area contributed by atoms with Crippen LogP contribution in [0.15, 0.2) is 30.3 Å². The number of rotatable bonds is 9. The van der Waals surface area contributed by atoms with Crippen molar-refractivity contribution in [1.29, 1.82) is 0 Å². The van der Waals surface area contributed by atoms with Crippen LogP contribution in [0.3, 0.4) is 0 Å². The molecule has 2 rings (SSSR count). The molecule has 0 aliphatic carbocycles. The topological polar surface area (TPSA) is 77.4 Å². The van der Waals surface area contributed by atoms with Crippen molar-refractivity contribution in [3.8, 4) is 0 Å². The van der Waals surface area contributed by atoms with Crippen LogP contribution in [-0.2, 0) is 27.8 Å². The molecule has 0 radical (unpaired) electrons. The van der Waals surface area contributed by atoms with E-state index < -0.39 is 12.0 Å². The van der Waals surface area contributed by atoms with Crippen molar-refractivity contribution < 1.29 is 19.1 Å². The summed E-state index contributed by atoms with van der Waals surface area (Å²) >= 11 is 7.49. The molecule has 0 spiro atoms. The van der Waals surface area contributed by atoms with E-state index in [0.717, 1.165) is 11.3 Å². The number of hydrogen-bond acceptors (Lipinski definition) is 5. The highest BCUT2D eigenvalue weighted by atomic mass is 35.5. The number of nitrogens with zero attached hydrogens (tertiary/aromatic N) is 1. The number of halogens is 1. The summed E-state index contributed by atoms with van der Waals surface area (Å²) in [5.41, 5.74) is 2.51. The van der Waals surface area contributed by atoms with Crippen LogP contribution < -0.4 is 5.32 Å². The monoisotopic (exact) mass is 436 g/mol. The predicted molar refractivity (Wildman–Crippen MR) is 116 cm³/mol. The van der Waals surface area contributed by atoms with Gasteiger partial charge in [0.25, 0.3) is 0 Å². The maximum Gasteiger partial charge on any atom is 0.328 e. The van der Waals surface area contributed by atoms with E-state index in [2.05, 4.69) is 5.32 Å². The summed E-state index contributed by atoms with van der Waals surface area (Å²) < 4.78 is 6.50. The molecule has 0 fully saturated rings. The van der Waals surface area contributed by atoms with E-state index in [1.165, 1.54) is 7.11 Å². The molecule has 1 N–H and O–H groups in total. The van der Waals surface area contributed by atoms with Crippen LogP contribution in [0.4, 0.5) is 0 Å². The van der Waals surface area contributed by atoms with Crippen LogP contribution in [0.1, 0.15) is 33.7 Å². The van der Waals surface area contributed by atoms with Crippen molar-refractivity contribution in [3.05, 3.63) is 57.9 Å². The second-order valence-corrected chi connectivity index (χ2v) is 8.09. The molecule has 0 aliphatic heterocycles. The van der Waals surface area contributed by atoms with Gasteiger partial charge in [0, 0.05) is 23.3 Å². The molecule has 8 heteroatoms. The Morgan fingerprint density at radius 3 is 2.48 bits per heavy atom. The Labute approximate surface area is 179 Å². The fraction of sp³-hybridized carbons (Fsp3) is 0.381. The van der Waals surface area contributed by atoms with Gasteiger partial charge in [-0.05, 0) is 61.2 Å². The van der Waals surface area contributed by atoms with Crippen molar-refractivity contribution >= 4 is 41.0 Å². The lowest BCUT2D eigenvalue weighted by Crippen LogP contribution is -2.42. The van der Waals surface area contributed by atoms with Gasteiger partial charge in [-0.1, -0.05) is 11.6 Å². The first-order chi connectivity index (χ1) is 13.8. The van der Waals surface area contributed by atoms with Gasteiger partial charge in [0.15, 0.2) is 0 Å². The Morgan fingerprint density at radius 1 is 1.24 bits per heavy atom. The largest absolute Gasteiger partial charge is 0.467 e. The molecule has 1 unspecified atom stereocenters. The van der Waals surface area contributed by atoms with Gasteiger partial charge in [0.2, 0.25) is 11.7 Å². The quantitative estimate of drug-likeness (QED) is 0.482. The Hall–Kier alpha value is -2.25. The number of ether oxygens (including phenoxy) is 1. The van der Waals surface area contributed by atoms with Crippen molar-refractivity contribution in [2.24, 2.45) is 7.05 Å². The first-order valence-electron chi connectivity index (χ1n) is 9.10. The lowest BCUT2D eigenvalue weighted by molar-refractivity contribution is -0.145. The molecule has 1 atom stereocenters. The lowest BCUT2D eigenvalue weighted by Gasteiger charge is -2.16. The van der Waals surface area contributed by atoms with E-state index in [-0.39, 0.29) is 18.1 Å². The maximum atomic E-state index is 12.9. The van der Waals surface area contributed by atoms with Crippen LogP contribution in [-0.4, -0.2) is 47.4 Å². The third kappa shape index (κ3) is 5.87. The van der Waals surface area contributed by atoms with Gasteiger partial charge in [-0.3, -0.25) is 9.59 Å². The van der Waals surface area contributed by atoms with E-state index in [9.17, 15) is 14.4 Å². The summed E-state index contributed by atoms with van der Waals surface area (Å²) in [6.07, 6.45) is 2.48. The molecular formula is C21H25ClN2O4S. The van der Waals surface area contributed by atoms with E-state index in [0.29, 0.717) is 28.4 Å². The van der Waals surface area contributed by atoms with Crippen molar-refractivity contribution in [2.45, 2.75) is 25.8 Å². The zero-order valence-corrected chi connectivity index (χ0v) is 18.5. The van der Waals surface area contributed by atoms with Crippen molar-refractivity contribution in [1.82, 2.24) is 9.88 Å². The summed E-state index contributed by atoms with van der Waals surface area (Å²) in [5.74, 6) is -0.175. The Balaban J connectivity index is 2.16. The average molecular weight is 437 g/mol. The minimum Gasteiger partial charge on any atom is -0.467 e. The number of carbonyl (C=O) groups excluding carboxylic acids is 3. The fourth-order valence-corrected chi connectivity index (χ4v) is 3.70. The molecule has 0 aliphatic rings. The highest BCUT2D eigenvalue weighted by molar-refractivity contribution is 7.98. The zero-order valence-electron chi connectivity index (χ0n) is 17.0. The average Bonchev–Trinajstić information content (AvgIpc) is 2.97. The third-order valence-electron chi connectivity index (χ3n) is 4.62. The van der Waals surface area contributed by atoms with Crippen LogP contribution in [0.2, 0.25) is 5.02 Å². The van der Waals surface area contributed by atoms with Crippen LogP contribution >= 0.6 is 23.4 Å². The first kappa shape index (κ1) is 23.0. The van der Waals surface area contributed by atoms with Gasteiger partial charge in [0.1, 0.15) is 6.04 Å². The van der Waals surface area contributed by atoms with Crippen molar-refractivity contribution in [2.75, 3.05) is 19.1 Å². The number of ketones is 1. The van der Waals surface area contributed by atoms with E-state index >= 15 is 0 Å². The van der Waals surface area contributed by atoms with Gasteiger partial charge in [-0.2, -0.15) is 11.8 Å². The number of aryl methyl sites for hydroxylation is 1. The van der Waals surface area contributed by atoms with E-state index in [1.54, 1.807) is 47.6 Å². The van der Waals surface area contributed by atoms with Gasteiger partial charge in [-0.25, -0.2) is 4.79 Å². The maximum absolute atomic E-state index is 12.9. The van der Waals surface area contributed by atoms with Crippen LogP contribution in [0, 0.1) is 6.92 Å². The zero-order chi connectivity index (χ0) is 21.6. The SMILES string of the molecule is COC(=O)C(CCSC)NC(=O)Cc1cc(C)c(C(=O)c2ccc(Cl)cc2)n1C. The molecule has 1 amide bonds. The molecule has 29 heavy (non-hydrogen) atoms. The molecule has 2 aromatic rings. The number of nitrogens with one attached hydrogen (secondary N) is 1. The summed E-state index contributed by atoms with van der Waals surface area (Å²) in [6, 6.07) is 7.83.